The van der Waals surface area contributed by atoms with Gasteiger partial charge in [-0.15, -0.1) is 0 Å². The summed E-state index contributed by atoms with van der Waals surface area (Å²) in [5.41, 5.74) is 5.84. The average Bonchev–Trinajstić information content (AvgIpc) is 3.09. The molecule has 0 atom stereocenters. The van der Waals surface area contributed by atoms with Crippen LogP contribution in [0.5, 0.6) is 0 Å². The molecule has 5 nitrogen and oxygen atoms in total. The van der Waals surface area contributed by atoms with Crippen molar-refractivity contribution >= 4 is 5.91 Å². The van der Waals surface area contributed by atoms with Crippen molar-refractivity contribution in [3.05, 3.63) is 75.9 Å². The molecule has 1 amide bonds. The van der Waals surface area contributed by atoms with Crippen molar-refractivity contribution in [1.29, 1.82) is 0 Å². The van der Waals surface area contributed by atoms with Gasteiger partial charge in [0, 0.05) is 30.5 Å². The molecule has 3 aromatic rings. The Bertz CT molecular complexity index is 903. The molecule has 0 saturated heterocycles. The van der Waals surface area contributed by atoms with Crippen LogP contribution in [0.3, 0.4) is 0 Å². The van der Waals surface area contributed by atoms with Gasteiger partial charge in [-0.2, -0.15) is 0 Å². The number of carbonyl (C=O) groups is 1. The summed E-state index contributed by atoms with van der Waals surface area (Å²) < 4.78 is 7.39. The summed E-state index contributed by atoms with van der Waals surface area (Å²) >= 11 is 0. The first-order chi connectivity index (χ1) is 12.4. The maximum Gasteiger partial charge on any atom is 0.255 e. The molecule has 0 aliphatic heterocycles. The zero-order valence-electron chi connectivity index (χ0n) is 16.0. The van der Waals surface area contributed by atoms with Crippen LogP contribution < -0.4 is 0 Å². The van der Waals surface area contributed by atoms with Crippen molar-refractivity contribution in [2.24, 2.45) is 0 Å². The van der Waals surface area contributed by atoms with Crippen LogP contribution in [-0.4, -0.2) is 27.6 Å². The molecular formula is C21H25N3O2. The highest BCUT2D eigenvalue weighted by Crippen LogP contribution is 2.21. The fourth-order valence-electron chi connectivity index (χ4n) is 3.27. The van der Waals surface area contributed by atoms with Crippen molar-refractivity contribution in [2.75, 3.05) is 7.05 Å². The predicted octanol–water partition coefficient (Wildman–Crippen LogP) is 4.03. The quantitative estimate of drug-likeness (QED) is 0.697. The number of hydrogen-bond acceptors (Lipinski definition) is 3. The van der Waals surface area contributed by atoms with E-state index in [4.69, 9.17) is 4.52 Å². The number of carbonyl (C=O) groups excluding carboxylic acids is 1. The summed E-state index contributed by atoms with van der Waals surface area (Å²) in [7, 11) is 1.82. The Labute approximate surface area is 154 Å². The Morgan fingerprint density at radius 2 is 1.85 bits per heavy atom. The lowest BCUT2D eigenvalue weighted by Gasteiger charge is -2.17. The number of hydrogen-bond donors (Lipinski definition) is 0. The molecule has 0 aliphatic rings. The van der Waals surface area contributed by atoms with Crippen LogP contribution in [0.4, 0.5) is 0 Å². The van der Waals surface area contributed by atoms with Gasteiger partial charge in [-0.3, -0.25) is 4.79 Å². The van der Waals surface area contributed by atoms with Gasteiger partial charge in [-0.25, -0.2) is 0 Å². The van der Waals surface area contributed by atoms with E-state index in [2.05, 4.69) is 21.9 Å². The van der Waals surface area contributed by atoms with Crippen LogP contribution in [0.2, 0.25) is 0 Å². The number of aromatic nitrogens is 2. The van der Waals surface area contributed by atoms with Crippen molar-refractivity contribution in [1.82, 2.24) is 14.6 Å². The van der Waals surface area contributed by atoms with E-state index in [9.17, 15) is 4.79 Å². The molecule has 0 spiro atoms. The van der Waals surface area contributed by atoms with Crippen LogP contribution in [-0.2, 0) is 13.1 Å². The molecule has 0 bridgehead atoms. The summed E-state index contributed by atoms with van der Waals surface area (Å²) in [6, 6.07) is 12.3. The van der Waals surface area contributed by atoms with E-state index in [0.717, 1.165) is 40.5 Å². The van der Waals surface area contributed by atoms with Gasteiger partial charge < -0.3 is 14.0 Å². The van der Waals surface area contributed by atoms with Gasteiger partial charge in [0.15, 0.2) is 0 Å². The van der Waals surface area contributed by atoms with Gasteiger partial charge in [0.1, 0.15) is 5.76 Å². The van der Waals surface area contributed by atoms with E-state index in [1.165, 1.54) is 5.56 Å². The first-order valence-electron chi connectivity index (χ1n) is 8.76. The molecule has 0 N–H and O–H groups in total. The minimum Gasteiger partial charge on any atom is -0.361 e. The number of rotatable bonds is 5. The Morgan fingerprint density at radius 3 is 2.46 bits per heavy atom. The van der Waals surface area contributed by atoms with Gasteiger partial charge in [0.25, 0.3) is 5.91 Å². The number of amides is 1. The third kappa shape index (κ3) is 3.43. The SMILES string of the molecule is Cc1noc(C)c1CN(C)C(=O)c1cc(C)n(Cc2ccccc2)c1C. The third-order valence-corrected chi connectivity index (χ3v) is 4.91. The van der Waals surface area contributed by atoms with Gasteiger partial charge in [-0.05, 0) is 39.3 Å². The molecule has 0 saturated carbocycles. The fourth-order valence-corrected chi connectivity index (χ4v) is 3.27. The Morgan fingerprint density at radius 1 is 1.15 bits per heavy atom. The molecule has 2 aromatic heterocycles. The minimum absolute atomic E-state index is 0.0115. The second kappa shape index (κ2) is 7.20. The summed E-state index contributed by atoms with van der Waals surface area (Å²) in [6.45, 7) is 9.07. The maximum atomic E-state index is 13.0. The van der Waals surface area contributed by atoms with E-state index in [-0.39, 0.29) is 5.91 Å². The second-order valence-electron chi connectivity index (χ2n) is 6.82. The second-order valence-corrected chi connectivity index (χ2v) is 6.82. The average molecular weight is 351 g/mol. The van der Waals surface area contributed by atoms with Gasteiger partial charge in [0.05, 0.1) is 17.8 Å². The molecule has 1 aromatic carbocycles. The normalized spacial score (nSPS) is 11.0. The van der Waals surface area contributed by atoms with E-state index < -0.39 is 0 Å². The molecule has 0 unspecified atom stereocenters. The van der Waals surface area contributed by atoms with Crippen molar-refractivity contribution in [3.8, 4) is 0 Å². The summed E-state index contributed by atoms with van der Waals surface area (Å²) in [5, 5.41) is 3.97. The van der Waals surface area contributed by atoms with Gasteiger partial charge >= 0.3 is 0 Å². The van der Waals surface area contributed by atoms with Gasteiger partial charge in [-0.1, -0.05) is 35.5 Å². The Balaban J connectivity index is 1.82. The maximum absolute atomic E-state index is 13.0. The number of nitrogens with zero attached hydrogens (tertiary/aromatic N) is 3. The lowest BCUT2D eigenvalue weighted by molar-refractivity contribution is 0.0783. The molecule has 3 rings (SSSR count). The van der Waals surface area contributed by atoms with E-state index >= 15 is 0 Å². The topological polar surface area (TPSA) is 51.3 Å². The molecule has 136 valence electrons. The monoisotopic (exact) mass is 351 g/mol. The zero-order chi connectivity index (χ0) is 18.8. The van der Waals surface area contributed by atoms with Crippen LogP contribution in [0.1, 0.15) is 44.3 Å². The van der Waals surface area contributed by atoms with E-state index in [1.807, 2.05) is 59.0 Å². The largest absolute Gasteiger partial charge is 0.361 e. The number of benzene rings is 1. The molecule has 0 fully saturated rings. The highest BCUT2D eigenvalue weighted by atomic mass is 16.5. The highest BCUT2D eigenvalue weighted by Gasteiger charge is 2.21. The molecule has 2 heterocycles. The van der Waals surface area contributed by atoms with Crippen LogP contribution in [0.15, 0.2) is 40.9 Å². The first kappa shape index (κ1) is 18.0. The van der Waals surface area contributed by atoms with E-state index in [0.29, 0.717) is 6.54 Å². The van der Waals surface area contributed by atoms with Crippen LogP contribution in [0.25, 0.3) is 0 Å². The Hall–Kier alpha value is -2.82. The summed E-state index contributed by atoms with van der Waals surface area (Å²) in [4.78, 5) is 14.7. The zero-order valence-corrected chi connectivity index (χ0v) is 16.0. The minimum atomic E-state index is 0.0115. The smallest absolute Gasteiger partial charge is 0.255 e. The molecular weight excluding hydrogens is 326 g/mol. The van der Waals surface area contributed by atoms with Gasteiger partial charge in [0.2, 0.25) is 0 Å². The van der Waals surface area contributed by atoms with Crippen LogP contribution >= 0.6 is 0 Å². The Kier molecular flexibility index (Phi) is 4.98. The van der Waals surface area contributed by atoms with E-state index in [1.54, 1.807) is 4.90 Å². The summed E-state index contributed by atoms with van der Waals surface area (Å²) in [6.07, 6.45) is 0. The van der Waals surface area contributed by atoms with Crippen molar-refractivity contribution < 1.29 is 9.32 Å². The third-order valence-electron chi connectivity index (χ3n) is 4.91. The molecule has 5 heteroatoms. The molecule has 0 aliphatic carbocycles. The molecule has 0 radical (unpaired) electrons. The first-order valence-corrected chi connectivity index (χ1v) is 8.76. The lowest BCUT2D eigenvalue weighted by atomic mass is 10.1. The standard InChI is InChI=1S/C21H25N3O2/c1-14-11-19(16(3)24(14)12-18-9-7-6-8-10-18)21(25)23(5)13-20-15(2)22-26-17(20)4/h6-11H,12-13H2,1-5H3. The van der Waals surface area contributed by atoms with Crippen molar-refractivity contribution in [3.63, 3.8) is 0 Å². The highest BCUT2D eigenvalue weighted by molar-refractivity contribution is 5.95. The predicted molar refractivity (Wildman–Crippen MR) is 101 cm³/mol. The fraction of sp³-hybridized carbons (Fsp3) is 0.333. The summed E-state index contributed by atoms with van der Waals surface area (Å²) in [5.74, 6) is 0.772. The number of aryl methyl sites for hydroxylation is 3. The lowest BCUT2D eigenvalue weighted by Crippen LogP contribution is -2.27. The molecule has 26 heavy (non-hydrogen) atoms. The van der Waals surface area contributed by atoms with Crippen molar-refractivity contribution in [2.45, 2.75) is 40.8 Å². The van der Waals surface area contributed by atoms with Crippen LogP contribution in [0, 0.1) is 27.7 Å².